The molecule has 4 rings (SSSR count). The molecular formula is C29H38N6O. The number of pyridine rings is 1. The van der Waals surface area contributed by atoms with Crippen LogP contribution in [0, 0.1) is 13.8 Å². The Bertz CT molecular complexity index is 1380. The van der Waals surface area contributed by atoms with Gasteiger partial charge in [-0.1, -0.05) is 61.4 Å². The monoisotopic (exact) mass is 486 g/mol. The van der Waals surface area contributed by atoms with Crippen LogP contribution in [-0.2, 0) is 18.5 Å². The molecule has 2 heterocycles. The summed E-state index contributed by atoms with van der Waals surface area (Å²) in [6, 6.07) is 16.8. The number of nitrogens with one attached hydrogen (secondary N) is 1. The second-order valence-corrected chi connectivity index (χ2v) is 10.8. The van der Waals surface area contributed by atoms with Crippen molar-refractivity contribution in [2.75, 3.05) is 6.54 Å². The SMILES string of the molecule is CCCC(c1nnnn1C(C)(C)C)N(CCc1cccc(C)c1)Cc1cc2cccc(C)c2[nH]c1=O. The van der Waals surface area contributed by atoms with E-state index in [0.717, 1.165) is 53.7 Å². The van der Waals surface area contributed by atoms with E-state index in [2.05, 4.69) is 90.4 Å². The molecule has 0 radical (unpaired) electrons. The molecular weight excluding hydrogens is 448 g/mol. The number of hydrogen-bond acceptors (Lipinski definition) is 5. The molecule has 7 heteroatoms. The van der Waals surface area contributed by atoms with Crippen molar-refractivity contribution in [2.24, 2.45) is 0 Å². The lowest BCUT2D eigenvalue weighted by molar-refractivity contribution is 0.158. The Morgan fingerprint density at radius 2 is 1.86 bits per heavy atom. The van der Waals surface area contributed by atoms with Gasteiger partial charge in [0.1, 0.15) is 0 Å². The number of aryl methyl sites for hydroxylation is 2. The molecule has 190 valence electrons. The van der Waals surface area contributed by atoms with Gasteiger partial charge in [-0.15, -0.1) is 5.10 Å². The number of aromatic nitrogens is 5. The van der Waals surface area contributed by atoms with Crippen molar-refractivity contribution in [1.82, 2.24) is 30.1 Å². The second-order valence-electron chi connectivity index (χ2n) is 10.8. The third-order valence-electron chi connectivity index (χ3n) is 6.74. The maximum atomic E-state index is 13.2. The highest BCUT2D eigenvalue weighted by molar-refractivity contribution is 5.81. The first-order chi connectivity index (χ1) is 17.2. The van der Waals surface area contributed by atoms with Crippen LogP contribution in [0.2, 0.25) is 0 Å². The van der Waals surface area contributed by atoms with Gasteiger partial charge in [0, 0.05) is 18.7 Å². The van der Waals surface area contributed by atoms with Crippen molar-refractivity contribution >= 4 is 10.9 Å². The third kappa shape index (κ3) is 5.73. The van der Waals surface area contributed by atoms with Crippen LogP contribution >= 0.6 is 0 Å². The van der Waals surface area contributed by atoms with Crippen LogP contribution in [0.3, 0.4) is 0 Å². The number of benzene rings is 2. The fourth-order valence-corrected chi connectivity index (χ4v) is 4.88. The molecule has 0 spiro atoms. The van der Waals surface area contributed by atoms with Gasteiger partial charge in [0.2, 0.25) is 0 Å². The molecule has 36 heavy (non-hydrogen) atoms. The summed E-state index contributed by atoms with van der Waals surface area (Å²) in [5.41, 5.74) is 4.98. The topological polar surface area (TPSA) is 79.7 Å². The molecule has 1 atom stereocenters. The molecule has 2 aromatic heterocycles. The van der Waals surface area contributed by atoms with Crippen LogP contribution in [-0.4, -0.2) is 36.6 Å². The van der Waals surface area contributed by atoms with E-state index in [1.165, 1.54) is 11.1 Å². The van der Waals surface area contributed by atoms with Crippen molar-refractivity contribution in [1.29, 1.82) is 0 Å². The van der Waals surface area contributed by atoms with Gasteiger partial charge < -0.3 is 4.98 Å². The quantitative estimate of drug-likeness (QED) is 0.339. The van der Waals surface area contributed by atoms with Crippen molar-refractivity contribution in [3.8, 4) is 0 Å². The van der Waals surface area contributed by atoms with E-state index in [9.17, 15) is 4.79 Å². The van der Waals surface area contributed by atoms with E-state index >= 15 is 0 Å². The number of rotatable bonds is 9. The Hall–Kier alpha value is -3.32. The highest BCUT2D eigenvalue weighted by atomic mass is 16.1. The van der Waals surface area contributed by atoms with Crippen molar-refractivity contribution in [3.63, 3.8) is 0 Å². The van der Waals surface area contributed by atoms with Gasteiger partial charge in [-0.2, -0.15) is 0 Å². The lowest BCUT2D eigenvalue weighted by Crippen LogP contribution is -2.36. The standard InChI is InChI=1S/C29H38N6O/c1-7-10-25(27-31-32-33-35(27)29(4,5)6)34(16-15-22-13-8-11-20(2)17-22)19-24-18-23-14-9-12-21(3)26(23)30-28(24)36/h8-9,11-14,17-18,25H,7,10,15-16,19H2,1-6H3,(H,30,36). The molecule has 1 N–H and O–H groups in total. The number of fused-ring (bicyclic) bond motifs is 1. The predicted octanol–water partition coefficient (Wildman–Crippen LogP) is 5.47. The second kappa shape index (κ2) is 10.7. The van der Waals surface area contributed by atoms with E-state index in [0.29, 0.717) is 6.54 Å². The van der Waals surface area contributed by atoms with Crippen molar-refractivity contribution in [3.05, 3.63) is 87.0 Å². The molecule has 4 aromatic rings. The van der Waals surface area contributed by atoms with Crippen LogP contribution in [0.4, 0.5) is 0 Å². The summed E-state index contributed by atoms with van der Waals surface area (Å²) in [5, 5.41) is 13.9. The van der Waals surface area contributed by atoms with Gasteiger partial charge in [-0.05, 0) is 80.5 Å². The number of hydrogen-bond donors (Lipinski definition) is 1. The van der Waals surface area contributed by atoms with Crippen molar-refractivity contribution < 1.29 is 0 Å². The summed E-state index contributed by atoms with van der Waals surface area (Å²) in [6.07, 6.45) is 2.76. The smallest absolute Gasteiger partial charge is 0.252 e. The zero-order valence-electron chi connectivity index (χ0n) is 22.4. The zero-order chi connectivity index (χ0) is 25.9. The average Bonchev–Trinajstić information content (AvgIpc) is 3.32. The van der Waals surface area contributed by atoms with E-state index in [-0.39, 0.29) is 17.1 Å². The van der Waals surface area contributed by atoms with Gasteiger partial charge in [0.15, 0.2) is 5.82 Å². The van der Waals surface area contributed by atoms with E-state index in [1.807, 2.05) is 29.8 Å². The Morgan fingerprint density at radius 1 is 1.08 bits per heavy atom. The zero-order valence-corrected chi connectivity index (χ0v) is 22.4. The summed E-state index contributed by atoms with van der Waals surface area (Å²) < 4.78 is 1.93. The minimum absolute atomic E-state index is 0.0124. The molecule has 0 fully saturated rings. The number of para-hydroxylation sites is 1. The summed E-state index contributed by atoms with van der Waals surface area (Å²) >= 11 is 0. The maximum Gasteiger partial charge on any atom is 0.252 e. The Balaban J connectivity index is 1.74. The maximum absolute atomic E-state index is 13.2. The molecule has 0 aliphatic heterocycles. The number of aromatic amines is 1. The molecule has 0 amide bonds. The minimum Gasteiger partial charge on any atom is -0.321 e. The van der Waals surface area contributed by atoms with Gasteiger partial charge in [-0.25, -0.2) is 4.68 Å². The van der Waals surface area contributed by atoms with E-state index in [4.69, 9.17) is 0 Å². The van der Waals surface area contributed by atoms with E-state index < -0.39 is 0 Å². The minimum atomic E-state index is -0.245. The Kier molecular flexibility index (Phi) is 7.69. The summed E-state index contributed by atoms with van der Waals surface area (Å²) in [6.45, 7) is 14.0. The van der Waals surface area contributed by atoms with Gasteiger partial charge in [0.05, 0.1) is 17.1 Å². The predicted molar refractivity (Wildman–Crippen MR) is 145 cm³/mol. The van der Waals surface area contributed by atoms with E-state index in [1.54, 1.807) is 0 Å². The third-order valence-corrected chi connectivity index (χ3v) is 6.74. The van der Waals surface area contributed by atoms with Crippen LogP contribution in [0.15, 0.2) is 53.3 Å². The summed E-state index contributed by atoms with van der Waals surface area (Å²) in [4.78, 5) is 18.7. The normalized spacial score (nSPS) is 13.0. The molecule has 1 unspecified atom stereocenters. The lowest BCUT2D eigenvalue weighted by Gasteiger charge is -2.33. The highest BCUT2D eigenvalue weighted by Crippen LogP contribution is 2.29. The molecule has 0 saturated heterocycles. The first kappa shape index (κ1) is 25.8. The fraction of sp³-hybridized carbons (Fsp3) is 0.448. The van der Waals surface area contributed by atoms with Crippen LogP contribution in [0.5, 0.6) is 0 Å². The fourth-order valence-electron chi connectivity index (χ4n) is 4.88. The summed E-state index contributed by atoms with van der Waals surface area (Å²) in [7, 11) is 0. The van der Waals surface area contributed by atoms with Crippen molar-refractivity contribution in [2.45, 2.75) is 78.9 Å². The molecule has 2 aromatic carbocycles. The lowest BCUT2D eigenvalue weighted by atomic mass is 10.0. The van der Waals surface area contributed by atoms with Gasteiger partial charge >= 0.3 is 0 Å². The van der Waals surface area contributed by atoms with Gasteiger partial charge in [-0.3, -0.25) is 9.69 Å². The first-order valence-electron chi connectivity index (χ1n) is 12.9. The summed E-state index contributed by atoms with van der Waals surface area (Å²) in [5.74, 6) is 0.849. The van der Waals surface area contributed by atoms with Gasteiger partial charge in [0.25, 0.3) is 5.56 Å². The van der Waals surface area contributed by atoms with Crippen LogP contribution in [0.25, 0.3) is 10.9 Å². The molecule has 0 saturated carbocycles. The molecule has 7 nitrogen and oxygen atoms in total. The number of nitrogens with zero attached hydrogens (tertiary/aromatic N) is 5. The molecule has 0 aliphatic rings. The highest BCUT2D eigenvalue weighted by Gasteiger charge is 2.30. The van der Waals surface area contributed by atoms with Crippen LogP contribution < -0.4 is 5.56 Å². The Morgan fingerprint density at radius 3 is 2.58 bits per heavy atom. The Labute approximate surface area is 213 Å². The largest absolute Gasteiger partial charge is 0.321 e. The number of H-pyrrole nitrogens is 1. The molecule has 0 bridgehead atoms. The average molecular weight is 487 g/mol. The number of tetrazole rings is 1. The first-order valence-corrected chi connectivity index (χ1v) is 12.9. The molecule has 0 aliphatic carbocycles. The van der Waals surface area contributed by atoms with Crippen LogP contribution in [0.1, 0.15) is 74.7 Å².